The number of thiazole rings is 1. The van der Waals surface area contributed by atoms with Crippen LogP contribution in [0.15, 0.2) is 59.7 Å². The minimum atomic E-state index is 0.940. The Hall–Kier alpha value is -2.44. The van der Waals surface area contributed by atoms with Crippen molar-refractivity contribution < 1.29 is 0 Å². The number of nitrogens with zero attached hydrogens (tertiary/aromatic N) is 4. The van der Waals surface area contributed by atoms with E-state index in [4.69, 9.17) is 10.1 Å². The van der Waals surface area contributed by atoms with Crippen molar-refractivity contribution in [2.45, 2.75) is 77.6 Å². The molecule has 2 heterocycles. The van der Waals surface area contributed by atoms with E-state index in [0.717, 1.165) is 35.0 Å². The quantitative estimate of drug-likeness (QED) is 0.272. The van der Waals surface area contributed by atoms with Crippen LogP contribution in [0.5, 0.6) is 0 Å². The minimum absolute atomic E-state index is 0.940. The molecule has 4 rings (SSSR count). The lowest BCUT2D eigenvalue weighted by atomic mass is 10.1. The molecule has 1 N–H and O–H groups in total. The van der Waals surface area contributed by atoms with Gasteiger partial charge in [0, 0.05) is 6.42 Å². The van der Waals surface area contributed by atoms with Crippen LogP contribution in [0, 0.1) is 0 Å². The van der Waals surface area contributed by atoms with Crippen LogP contribution in [0.3, 0.4) is 0 Å². The first-order valence-corrected chi connectivity index (χ1v) is 13.0. The smallest absolute Gasteiger partial charge is 0.208 e. The molecule has 170 valence electrons. The number of nitrogens with one attached hydrogen (secondary N) is 1. The van der Waals surface area contributed by atoms with Crippen molar-refractivity contribution >= 4 is 38.2 Å². The number of aromatic nitrogens is 1. The first-order valence-electron chi connectivity index (χ1n) is 12.2. The Bertz CT molecular complexity index is 951. The number of anilines is 2. The molecule has 0 bridgehead atoms. The van der Waals surface area contributed by atoms with Crippen LogP contribution in [0.25, 0.3) is 10.2 Å². The van der Waals surface area contributed by atoms with Gasteiger partial charge in [-0.05, 0) is 30.7 Å². The zero-order chi connectivity index (χ0) is 22.0. The minimum Gasteiger partial charge on any atom is -0.219 e. The van der Waals surface area contributed by atoms with Crippen LogP contribution in [-0.2, 0) is 0 Å². The molecule has 0 saturated carbocycles. The second kappa shape index (κ2) is 12.0. The molecule has 32 heavy (non-hydrogen) atoms. The van der Waals surface area contributed by atoms with E-state index in [-0.39, 0.29) is 0 Å². The summed E-state index contributed by atoms with van der Waals surface area (Å²) >= 11 is 1.70. The lowest BCUT2D eigenvalue weighted by molar-refractivity contribution is 0.559. The third-order valence-corrected chi connectivity index (χ3v) is 6.92. The summed E-state index contributed by atoms with van der Waals surface area (Å²) in [5, 5.41) is 9.75. The lowest BCUT2D eigenvalue weighted by Crippen LogP contribution is -2.43. The number of amidine groups is 1. The Kier molecular flexibility index (Phi) is 8.51. The monoisotopic (exact) mass is 449 g/mol. The highest BCUT2D eigenvalue weighted by Gasteiger charge is 2.27. The molecule has 0 unspecified atom stereocenters. The maximum absolute atomic E-state index is 4.89. The van der Waals surface area contributed by atoms with E-state index < -0.39 is 0 Å². The molecule has 0 atom stereocenters. The molecule has 0 amide bonds. The summed E-state index contributed by atoms with van der Waals surface area (Å²) in [6, 6.07) is 18.5. The number of para-hydroxylation sites is 2. The topological polar surface area (TPSA) is 43.8 Å². The van der Waals surface area contributed by atoms with E-state index in [2.05, 4.69) is 47.8 Å². The lowest BCUT2D eigenvalue weighted by Gasteiger charge is -2.19. The van der Waals surface area contributed by atoms with Crippen LogP contribution in [0.4, 0.5) is 10.8 Å². The average molecular weight is 450 g/mol. The zero-order valence-corrected chi connectivity index (χ0v) is 20.0. The first-order chi connectivity index (χ1) is 15.8. The molecule has 2 aromatic carbocycles. The van der Waals surface area contributed by atoms with Crippen molar-refractivity contribution in [3.05, 3.63) is 54.6 Å². The number of hydrazine groups is 2. The fraction of sp³-hybridized carbons (Fsp3) is 0.462. The molecular formula is C26H35N5S. The highest BCUT2D eigenvalue weighted by atomic mass is 32.1. The maximum atomic E-state index is 4.89. The SMILES string of the molecule is CCCCCCCCCCCCC1=NN(c2ccccc2)NN1c1nc2ccccc2s1. The van der Waals surface area contributed by atoms with Crippen molar-refractivity contribution in [3.63, 3.8) is 0 Å². The summed E-state index contributed by atoms with van der Waals surface area (Å²) in [5.74, 6) is 1.03. The maximum Gasteiger partial charge on any atom is 0.208 e. The van der Waals surface area contributed by atoms with Gasteiger partial charge in [0.2, 0.25) is 5.13 Å². The van der Waals surface area contributed by atoms with Gasteiger partial charge in [0.1, 0.15) is 5.84 Å². The molecule has 1 aromatic heterocycles. The Morgan fingerprint density at radius 1 is 0.781 bits per heavy atom. The third kappa shape index (κ3) is 6.08. The van der Waals surface area contributed by atoms with Gasteiger partial charge >= 0.3 is 0 Å². The Labute approximate surface area is 196 Å². The molecular weight excluding hydrogens is 414 g/mol. The zero-order valence-electron chi connectivity index (χ0n) is 19.2. The number of rotatable bonds is 13. The highest BCUT2D eigenvalue weighted by molar-refractivity contribution is 7.22. The number of unbranched alkanes of at least 4 members (excludes halogenated alkanes) is 9. The molecule has 1 aliphatic heterocycles. The highest BCUT2D eigenvalue weighted by Crippen LogP contribution is 2.31. The number of hydrazone groups is 1. The first kappa shape index (κ1) is 22.7. The average Bonchev–Trinajstić information content (AvgIpc) is 3.45. The van der Waals surface area contributed by atoms with Gasteiger partial charge in [-0.3, -0.25) is 0 Å². The molecule has 0 fully saturated rings. The normalized spacial score (nSPS) is 13.8. The number of hydrogen-bond donors (Lipinski definition) is 1. The van der Waals surface area contributed by atoms with Crippen molar-refractivity contribution in [1.29, 1.82) is 0 Å². The van der Waals surface area contributed by atoms with Gasteiger partial charge in [-0.1, -0.05) is 106 Å². The summed E-state index contributed by atoms with van der Waals surface area (Å²) in [5.41, 5.74) is 5.49. The Morgan fingerprint density at radius 2 is 1.44 bits per heavy atom. The van der Waals surface area contributed by atoms with Gasteiger partial charge in [-0.25, -0.2) is 9.99 Å². The van der Waals surface area contributed by atoms with Crippen molar-refractivity contribution in [3.8, 4) is 0 Å². The Morgan fingerprint density at radius 3 is 2.16 bits per heavy atom. The number of hydrogen-bond acceptors (Lipinski definition) is 6. The van der Waals surface area contributed by atoms with Gasteiger partial charge < -0.3 is 0 Å². The van der Waals surface area contributed by atoms with E-state index in [0.29, 0.717) is 0 Å². The largest absolute Gasteiger partial charge is 0.219 e. The summed E-state index contributed by atoms with van der Waals surface area (Å²) in [6.07, 6.45) is 14.3. The van der Waals surface area contributed by atoms with Gasteiger partial charge in [0.25, 0.3) is 0 Å². The van der Waals surface area contributed by atoms with Gasteiger partial charge in [-0.2, -0.15) is 5.12 Å². The standard InChI is InChI=1S/C26H35N5S/c1-2-3-4-5-6-7-8-9-10-14-21-25-28-31(22-17-12-11-13-18-22)29-30(25)26-27-23-19-15-16-20-24(23)32-26/h11-13,15-20,29H,2-10,14,21H2,1H3. The van der Waals surface area contributed by atoms with Gasteiger partial charge in [-0.15, -0.1) is 10.6 Å². The van der Waals surface area contributed by atoms with Crippen molar-refractivity contribution in [2.24, 2.45) is 5.10 Å². The van der Waals surface area contributed by atoms with E-state index in [1.165, 1.54) is 62.5 Å². The van der Waals surface area contributed by atoms with Crippen LogP contribution in [0.1, 0.15) is 77.6 Å². The number of fused-ring (bicyclic) bond motifs is 1. The van der Waals surface area contributed by atoms with Crippen LogP contribution in [-0.4, -0.2) is 10.8 Å². The van der Waals surface area contributed by atoms with Gasteiger partial charge in [0.05, 0.1) is 15.9 Å². The van der Waals surface area contributed by atoms with E-state index in [1.807, 2.05) is 29.4 Å². The molecule has 3 aromatic rings. The molecule has 6 heteroatoms. The van der Waals surface area contributed by atoms with Crippen LogP contribution >= 0.6 is 11.3 Å². The second-order valence-corrected chi connectivity index (χ2v) is 9.50. The summed E-state index contributed by atoms with van der Waals surface area (Å²) in [6.45, 7) is 2.28. The van der Waals surface area contributed by atoms with Crippen LogP contribution < -0.4 is 15.7 Å². The molecule has 0 spiro atoms. The van der Waals surface area contributed by atoms with E-state index in [1.54, 1.807) is 11.3 Å². The fourth-order valence-corrected chi connectivity index (χ4v) is 5.00. The van der Waals surface area contributed by atoms with Crippen molar-refractivity contribution in [2.75, 3.05) is 10.1 Å². The molecule has 0 aliphatic carbocycles. The van der Waals surface area contributed by atoms with E-state index >= 15 is 0 Å². The summed E-state index contributed by atoms with van der Waals surface area (Å²) < 4.78 is 1.20. The van der Waals surface area contributed by atoms with E-state index in [9.17, 15) is 0 Å². The molecule has 5 nitrogen and oxygen atoms in total. The molecule has 0 saturated heterocycles. The predicted octanol–water partition coefficient (Wildman–Crippen LogP) is 7.67. The van der Waals surface area contributed by atoms with Crippen molar-refractivity contribution in [1.82, 2.24) is 10.5 Å². The summed E-state index contributed by atoms with van der Waals surface area (Å²) in [4.78, 5) is 4.85. The predicted molar refractivity (Wildman–Crippen MR) is 138 cm³/mol. The summed E-state index contributed by atoms with van der Waals surface area (Å²) in [7, 11) is 0. The molecule has 1 aliphatic rings. The Balaban J connectivity index is 1.32. The fourth-order valence-electron chi connectivity index (χ4n) is 4.06. The molecule has 0 radical (unpaired) electrons. The third-order valence-electron chi connectivity index (χ3n) is 5.90. The number of benzene rings is 2. The second-order valence-electron chi connectivity index (χ2n) is 8.50. The van der Waals surface area contributed by atoms with Gasteiger partial charge in [0.15, 0.2) is 0 Å². The van der Waals surface area contributed by atoms with Crippen LogP contribution in [0.2, 0.25) is 0 Å².